The zero-order chi connectivity index (χ0) is 20.2. The van der Waals surface area contributed by atoms with Crippen molar-refractivity contribution in [3.05, 3.63) is 72.1 Å². The molecular weight excluding hydrogens is 398 g/mol. The van der Waals surface area contributed by atoms with Gasteiger partial charge in [-0.25, -0.2) is 23.4 Å². The highest BCUT2D eigenvalue weighted by molar-refractivity contribution is 8.00. The van der Waals surface area contributed by atoms with Crippen molar-refractivity contribution in [3.63, 3.8) is 0 Å². The molecule has 0 atom stereocenters. The van der Waals surface area contributed by atoms with E-state index in [0.29, 0.717) is 21.8 Å². The van der Waals surface area contributed by atoms with Crippen LogP contribution in [0.2, 0.25) is 0 Å². The Hall–Kier alpha value is -3.40. The minimum Gasteiger partial charge on any atom is -0.323 e. The van der Waals surface area contributed by atoms with Gasteiger partial charge in [-0.3, -0.25) is 4.79 Å². The van der Waals surface area contributed by atoms with E-state index in [1.54, 1.807) is 30.3 Å². The van der Waals surface area contributed by atoms with E-state index in [2.05, 4.69) is 25.6 Å². The SMILES string of the molecule is O=C(CSc1ncnc2c1nnn2Cc1ccccc1F)Nc1ccccc1F. The summed E-state index contributed by atoms with van der Waals surface area (Å²) in [5.74, 6) is -1.23. The maximum absolute atomic E-state index is 13.9. The second kappa shape index (κ2) is 8.31. The van der Waals surface area contributed by atoms with Gasteiger partial charge in [-0.1, -0.05) is 47.3 Å². The van der Waals surface area contributed by atoms with Crippen molar-refractivity contribution in [2.75, 3.05) is 11.1 Å². The van der Waals surface area contributed by atoms with Crippen LogP contribution in [0, 0.1) is 11.6 Å². The van der Waals surface area contributed by atoms with Gasteiger partial charge < -0.3 is 5.32 Å². The van der Waals surface area contributed by atoms with E-state index in [1.807, 2.05) is 0 Å². The molecule has 1 amide bonds. The highest BCUT2D eigenvalue weighted by atomic mass is 32.2. The monoisotopic (exact) mass is 412 g/mol. The Kier molecular flexibility index (Phi) is 5.43. The summed E-state index contributed by atoms with van der Waals surface area (Å²) in [6, 6.07) is 12.3. The number of carbonyl (C=O) groups is 1. The third kappa shape index (κ3) is 4.21. The zero-order valence-corrected chi connectivity index (χ0v) is 15.7. The Bertz CT molecular complexity index is 1180. The van der Waals surface area contributed by atoms with Gasteiger partial charge in [0.05, 0.1) is 18.0 Å². The molecule has 10 heteroatoms. The summed E-state index contributed by atoms with van der Waals surface area (Å²) in [5, 5.41) is 11.1. The van der Waals surface area contributed by atoms with Gasteiger partial charge in [0.15, 0.2) is 11.2 Å². The maximum atomic E-state index is 13.9. The number of hydrogen-bond donors (Lipinski definition) is 1. The molecule has 0 spiro atoms. The summed E-state index contributed by atoms with van der Waals surface area (Å²) in [7, 11) is 0. The second-order valence-electron chi connectivity index (χ2n) is 6.01. The smallest absolute Gasteiger partial charge is 0.234 e. The molecule has 1 N–H and O–H groups in total. The Morgan fingerprint density at radius 2 is 1.79 bits per heavy atom. The van der Waals surface area contributed by atoms with Gasteiger partial charge in [0.25, 0.3) is 0 Å². The molecule has 7 nitrogen and oxygen atoms in total. The molecule has 4 aromatic rings. The molecule has 2 aromatic carbocycles. The number of nitrogens with zero attached hydrogens (tertiary/aromatic N) is 5. The van der Waals surface area contributed by atoms with Gasteiger partial charge in [0, 0.05) is 5.56 Å². The number of amides is 1. The van der Waals surface area contributed by atoms with E-state index >= 15 is 0 Å². The number of carbonyl (C=O) groups excluding carboxylic acids is 1. The minimum atomic E-state index is -0.508. The number of rotatable bonds is 6. The van der Waals surface area contributed by atoms with Crippen LogP contribution < -0.4 is 5.32 Å². The number of nitrogens with one attached hydrogen (secondary N) is 1. The molecule has 0 aliphatic rings. The van der Waals surface area contributed by atoms with Crippen LogP contribution in [0.15, 0.2) is 59.9 Å². The Morgan fingerprint density at radius 1 is 1.03 bits per heavy atom. The van der Waals surface area contributed by atoms with Crippen molar-refractivity contribution in [1.82, 2.24) is 25.0 Å². The van der Waals surface area contributed by atoms with Crippen LogP contribution in [0.4, 0.5) is 14.5 Å². The average Bonchev–Trinajstić information content (AvgIpc) is 3.13. The molecule has 2 heterocycles. The molecule has 0 bridgehead atoms. The Balaban J connectivity index is 1.49. The summed E-state index contributed by atoms with van der Waals surface area (Å²) in [4.78, 5) is 20.5. The van der Waals surface area contributed by atoms with Crippen LogP contribution in [0.25, 0.3) is 11.2 Å². The van der Waals surface area contributed by atoms with E-state index in [-0.39, 0.29) is 29.7 Å². The van der Waals surface area contributed by atoms with Gasteiger partial charge in [-0.2, -0.15) is 0 Å². The number of anilines is 1. The van der Waals surface area contributed by atoms with Crippen molar-refractivity contribution >= 4 is 34.5 Å². The Morgan fingerprint density at radius 3 is 2.59 bits per heavy atom. The zero-order valence-electron chi connectivity index (χ0n) is 14.9. The van der Waals surface area contributed by atoms with Crippen LogP contribution in [0.1, 0.15) is 5.56 Å². The maximum Gasteiger partial charge on any atom is 0.234 e. The average molecular weight is 412 g/mol. The molecule has 0 radical (unpaired) electrons. The van der Waals surface area contributed by atoms with Crippen LogP contribution in [0.5, 0.6) is 0 Å². The normalized spacial score (nSPS) is 11.0. The highest BCUT2D eigenvalue weighted by Crippen LogP contribution is 2.23. The number of halogens is 2. The van der Waals surface area contributed by atoms with Crippen molar-refractivity contribution < 1.29 is 13.6 Å². The number of para-hydroxylation sites is 1. The van der Waals surface area contributed by atoms with E-state index < -0.39 is 5.82 Å². The summed E-state index contributed by atoms with van der Waals surface area (Å²) in [6.45, 7) is 0.165. The summed E-state index contributed by atoms with van der Waals surface area (Å²) in [5.41, 5.74) is 1.41. The third-order valence-corrected chi connectivity index (χ3v) is 5.01. The standard InChI is InChI=1S/C19H14F2N6OS/c20-13-6-2-1-5-12(13)9-27-18-17(25-26-27)19(23-11-22-18)29-10-16(28)24-15-8-4-3-7-14(15)21/h1-8,11H,9-10H2,(H,24,28). The molecular formula is C19H14F2N6OS. The van der Waals surface area contributed by atoms with Crippen molar-refractivity contribution in [2.45, 2.75) is 11.6 Å². The summed E-state index contributed by atoms with van der Waals surface area (Å²) in [6.07, 6.45) is 1.33. The van der Waals surface area contributed by atoms with E-state index in [4.69, 9.17) is 0 Å². The first kappa shape index (κ1) is 18.9. The highest BCUT2D eigenvalue weighted by Gasteiger charge is 2.15. The van der Waals surface area contributed by atoms with Crippen molar-refractivity contribution in [3.8, 4) is 0 Å². The van der Waals surface area contributed by atoms with Gasteiger partial charge in [-0.15, -0.1) is 5.10 Å². The van der Waals surface area contributed by atoms with E-state index in [1.165, 1.54) is 29.2 Å². The predicted molar refractivity (Wildman–Crippen MR) is 104 cm³/mol. The van der Waals surface area contributed by atoms with Gasteiger partial charge in [-0.05, 0) is 18.2 Å². The number of fused-ring (bicyclic) bond motifs is 1. The fraction of sp³-hybridized carbons (Fsp3) is 0.105. The molecule has 0 saturated heterocycles. The molecule has 29 heavy (non-hydrogen) atoms. The topological polar surface area (TPSA) is 85.6 Å². The van der Waals surface area contributed by atoms with Crippen molar-refractivity contribution in [2.24, 2.45) is 0 Å². The number of thioether (sulfide) groups is 1. The van der Waals surface area contributed by atoms with Gasteiger partial charge >= 0.3 is 0 Å². The van der Waals surface area contributed by atoms with Gasteiger partial charge in [0.2, 0.25) is 5.91 Å². The van der Waals surface area contributed by atoms with Crippen LogP contribution in [0.3, 0.4) is 0 Å². The molecule has 0 saturated carbocycles. The van der Waals surface area contributed by atoms with Crippen LogP contribution in [-0.4, -0.2) is 36.6 Å². The van der Waals surface area contributed by atoms with Gasteiger partial charge in [0.1, 0.15) is 23.0 Å². The molecule has 0 unspecified atom stereocenters. The number of aromatic nitrogens is 5. The fourth-order valence-corrected chi connectivity index (χ4v) is 3.38. The molecule has 4 rings (SSSR count). The molecule has 2 aromatic heterocycles. The minimum absolute atomic E-state index is 0.000616. The second-order valence-corrected chi connectivity index (χ2v) is 6.97. The van der Waals surface area contributed by atoms with Crippen LogP contribution >= 0.6 is 11.8 Å². The number of benzene rings is 2. The Labute approximate surface area is 168 Å². The molecule has 0 aliphatic heterocycles. The van der Waals surface area contributed by atoms with E-state index in [0.717, 1.165) is 11.8 Å². The number of hydrogen-bond acceptors (Lipinski definition) is 6. The summed E-state index contributed by atoms with van der Waals surface area (Å²) >= 11 is 1.13. The van der Waals surface area contributed by atoms with Crippen LogP contribution in [-0.2, 0) is 11.3 Å². The van der Waals surface area contributed by atoms with E-state index in [9.17, 15) is 13.6 Å². The lowest BCUT2D eigenvalue weighted by Crippen LogP contribution is -2.15. The first-order chi connectivity index (χ1) is 14.1. The largest absolute Gasteiger partial charge is 0.323 e. The lowest BCUT2D eigenvalue weighted by Gasteiger charge is -2.06. The lowest BCUT2D eigenvalue weighted by molar-refractivity contribution is -0.113. The first-order valence-corrected chi connectivity index (χ1v) is 9.55. The van der Waals surface area contributed by atoms with Crippen molar-refractivity contribution in [1.29, 1.82) is 0 Å². The first-order valence-electron chi connectivity index (χ1n) is 8.56. The predicted octanol–water partition coefficient (Wildman–Crippen LogP) is 3.28. The molecule has 0 aliphatic carbocycles. The lowest BCUT2D eigenvalue weighted by atomic mass is 10.2. The summed E-state index contributed by atoms with van der Waals surface area (Å²) < 4.78 is 29.0. The quantitative estimate of drug-likeness (QED) is 0.386. The third-order valence-electron chi connectivity index (χ3n) is 4.03. The molecule has 0 fully saturated rings. The molecule has 146 valence electrons. The fourth-order valence-electron chi connectivity index (χ4n) is 2.65.